The normalized spacial score (nSPS) is 24.8. The summed E-state index contributed by atoms with van der Waals surface area (Å²) in [4.78, 5) is 2.49. The van der Waals surface area contributed by atoms with E-state index in [0.717, 1.165) is 49.3 Å². The Morgan fingerprint density at radius 3 is 2.79 bits per heavy atom. The Hall–Kier alpha value is -0.870. The van der Waals surface area contributed by atoms with Crippen LogP contribution in [0.4, 0.5) is 0 Å². The van der Waals surface area contributed by atoms with E-state index in [9.17, 15) is 0 Å². The largest absolute Gasteiger partial charge is 0.360 e. The summed E-state index contributed by atoms with van der Waals surface area (Å²) in [5.74, 6) is 2.57. The first-order chi connectivity index (χ1) is 9.17. The van der Waals surface area contributed by atoms with Crippen LogP contribution < -0.4 is 5.32 Å². The van der Waals surface area contributed by atoms with Gasteiger partial charge in [-0.1, -0.05) is 25.9 Å². The van der Waals surface area contributed by atoms with Gasteiger partial charge in [0.05, 0.1) is 12.2 Å². The maximum absolute atomic E-state index is 5.44. The highest BCUT2D eigenvalue weighted by molar-refractivity contribution is 5.05. The molecule has 1 aliphatic heterocycles. The lowest BCUT2D eigenvalue weighted by atomic mass is 9.92. The molecule has 0 aliphatic carbocycles. The zero-order chi connectivity index (χ0) is 13.7. The smallest absolute Gasteiger partial charge is 0.151 e. The fourth-order valence-corrected chi connectivity index (χ4v) is 3.05. The van der Waals surface area contributed by atoms with Gasteiger partial charge in [0.25, 0.3) is 0 Å². The zero-order valence-electron chi connectivity index (χ0n) is 12.5. The molecule has 0 bridgehead atoms. The van der Waals surface area contributed by atoms with Crippen LogP contribution in [0, 0.1) is 11.8 Å². The average Bonchev–Trinajstić information content (AvgIpc) is 2.76. The minimum atomic E-state index is 0.789. The van der Waals surface area contributed by atoms with Crippen LogP contribution in [-0.4, -0.2) is 29.7 Å². The summed E-state index contributed by atoms with van der Waals surface area (Å²) in [6, 6.07) is 2.09. The van der Waals surface area contributed by atoms with Crippen molar-refractivity contribution in [3.8, 4) is 0 Å². The van der Waals surface area contributed by atoms with Crippen molar-refractivity contribution in [1.29, 1.82) is 0 Å². The van der Waals surface area contributed by atoms with Crippen molar-refractivity contribution in [2.45, 2.75) is 46.7 Å². The van der Waals surface area contributed by atoms with Gasteiger partial charge in [-0.2, -0.15) is 0 Å². The molecule has 1 N–H and O–H groups in total. The summed E-state index contributed by atoms with van der Waals surface area (Å²) in [6.07, 6.45) is 2.49. The van der Waals surface area contributed by atoms with E-state index in [-0.39, 0.29) is 0 Å². The standard InChI is InChI=1S/C15H27N3O/c1-4-5-16-8-14-7-15(19-17-14)11-18-9-12(2)6-13(3)10-18/h7,12-13,16H,4-6,8-11H2,1-3H3. The van der Waals surface area contributed by atoms with Crippen molar-refractivity contribution >= 4 is 0 Å². The molecule has 4 heteroatoms. The van der Waals surface area contributed by atoms with Crippen LogP contribution in [0.25, 0.3) is 0 Å². The molecule has 108 valence electrons. The number of aromatic nitrogens is 1. The molecule has 0 spiro atoms. The van der Waals surface area contributed by atoms with Crippen LogP contribution in [0.5, 0.6) is 0 Å². The molecule has 2 heterocycles. The third kappa shape index (κ3) is 4.62. The third-order valence-corrected chi connectivity index (χ3v) is 3.66. The van der Waals surface area contributed by atoms with Gasteiger partial charge >= 0.3 is 0 Å². The summed E-state index contributed by atoms with van der Waals surface area (Å²) in [5, 5.41) is 7.47. The maximum atomic E-state index is 5.44. The van der Waals surface area contributed by atoms with Crippen LogP contribution >= 0.6 is 0 Å². The van der Waals surface area contributed by atoms with Gasteiger partial charge in [-0.3, -0.25) is 4.90 Å². The second-order valence-electron chi connectivity index (χ2n) is 6.10. The van der Waals surface area contributed by atoms with Crippen LogP contribution in [0.1, 0.15) is 45.1 Å². The summed E-state index contributed by atoms with van der Waals surface area (Å²) in [7, 11) is 0. The molecule has 0 aromatic carbocycles. The van der Waals surface area contributed by atoms with Gasteiger partial charge in [-0.15, -0.1) is 0 Å². The molecule has 2 atom stereocenters. The van der Waals surface area contributed by atoms with Gasteiger partial charge in [0.2, 0.25) is 0 Å². The SMILES string of the molecule is CCCNCc1cc(CN2CC(C)CC(C)C2)on1. The van der Waals surface area contributed by atoms with Crippen molar-refractivity contribution in [2.75, 3.05) is 19.6 Å². The highest BCUT2D eigenvalue weighted by Crippen LogP contribution is 2.22. The van der Waals surface area contributed by atoms with E-state index < -0.39 is 0 Å². The van der Waals surface area contributed by atoms with E-state index in [1.807, 2.05) is 0 Å². The minimum Gasteiger partial charge on any atom is -0.360 e. The van der Waals surface area contributed by atoms with Crippen molar-refractivity contribution in [2.24, 2.45) is 11.8 Å². The Balaban J connectivity index is 1.82. The highest BCUT2D eigenvalue weighted by atomic mass is 16.5. The summed E-state index contributed by atoms with van der Waals surface area (Å²) >= 11 is 0. The molecular formula is C15H27N3O. The molecule has 0 amide bonds. The second-order valence-corrected chi connectivity index (χ2v) is 6.10. The van der Waals surface area contributed by atoms with Gasteiger partial charge in [0.15, 0.2) is 5.76 Å². The van der Waals surface area contributed by atoms with Gasteiger partial charge in [0, 0.05) is 25.7 Å². The number of rotatable bonds is 6. The van der Waals surface area contributed by atoms with Crippen molar-refractivity contribution < 1.29 is 4.52 Å². The lowest BCUT2D eigenvalue weighted by Crippen LogP contribution is -2.37. The number of likely N-dealkylation sites (tertiary alicyclic amines) is 1. The zero-order valence-corrected chi connectivity index (χ0v) is 12.5. The maximum Gasteiger partial charge on any atom is 0.151 e. The molecular weight excluding hydrogens is 238 g/mol. The Morgan fingerprint density at radius 2 is 2.11 bits per heavy atom. The fourth-order valence-electron chi connectivity index (χ4n) is 3.05. The number of nitrogens with one attached hydrogen (secondary N) is 1. The summed E-state index contributed by atoms with van der Waals surface area (Å²) in [6.45, 7) is 11.9. The first-order valence-corrected chi connectivity index (χ1v) is 7.55. The van der Waals surface area contributed by atoms with Gasteiger partial charge in [-0.05, 0) is 31.2 Å². The molecule has 2 unspecified atom stereocenters. The van der Waals surface area contributed by atoms with Crippen LogP contribution in [-0.2, 0) is 13.1 Å². The van der Waals surface area contributed by atoms with Gasteiger partial charge < -0.3 is 9.84 Å². The number of hydrogen-bond donors (Lipinski definition) is 1. The third-order valence-electron chi connectivity index (χ3n) is 3.66. The van der Waals surface area contributed by atoms with E-state index in [1.54, 1.807) is 0 Å². The Labute approximate surface area is 116 Å². The number of hydrogen-bond acceptors (Lipinski definition) is 4. The predicted octanol–water partition coefficient (Wildman–Crippen LogP) is 2.65. The first-order valence-electron chi connectivity index (χ1n) is 7.55. The van der Waals surface area contributed by atoms with Crippen LogP contribution in [0.15, 0.2) is 10.6 Å². The van der Waals surface area contributed by atoms with Crippen molar-refractivity contribution in [1.82, 2.24) is 15.4 Å². The van der Waals surface area contributed by atoms with E-state index >= 15 is 0 Å². The first kappa shape index (κ1) is 14.5. The Bertz CT molecular complexity index is 367. The Morgan fingerprint density at radius 1 is 1.37 bits per heavy atom. The van der Waals surface area contributed by atoms with Gasteiger partial charge in [0.1, 0.15) is 0 Å². The minimum absolute atomic E-state index is 0.789. The highest BCUT2D eigenvalue weighted by Gasteiger charge is 2.22. The monoisotopic (exact) mass is 265 g/mol. The van der Waals surface area contributed by atoms with Crippen LogP contribution in [0.2, 0.25) is 0 Å². The Kier molecular flexibility index (Phi) is 5.40. The lowest BCUT2D eigenvalue weighted by Gasteiger charge is -2.34. The predicted molar refractivity (Wildman–Crippen MR) is 76.7 cm³/mol. The average molecular weight is 265 g/mol. The summed E-state index contributed by atoms with van der Waals surface area (Å²) in [5.41, 5.74) is 1.02. The summed E-state index contributed by atoms with van der Waals surface area (Å²) < 4.78 is 5.44. The lowest BCUT2D eigenvalue weighted by molar-refractivity contribution is 0.123. The van der Waals surface area contributed by atoms with E-state index in [0.29, 0.717) is 0 Å². The molecule has 1 aromatic rings. The second kappa shape index (κ2) is 7.06. The molecule has 0 saturated carbocycles. The van der Waals surface area contributed by atoms with E-state index in [2.05, 4.69) is 42.2 Å². The number of piperidine rings is 1. The fraction of sp³-hybridized carbons (Fsp3) is 0.800. The molecule has 19 heavy (non-hydrogen) atoms. The van der Waals surface area contributed by atoms with Crippen molar-refractivity contribution in [3.05, 3.63) is 17.5 Å². The van der Waals surface area contributed by atoms with Crippen LogP contribution in [0.3, 0.4) is 0 Å². The molecule has 4 nitrogen and oxygen atoms in total. The quantitative estimate of drug-likeness (QED) is 0.803. The molecule has 0 radical (unpaired) electrons. The van der Waals surface area contributed by atoms with E-state index in [4.69, 9.17) is 4.52 Å². The molecule has 1 aliphatic rings. The molecule has 1 aromatic heterocycles. The topological polar surface area (TPSA) is 41.3 Å². The molecule has 2 rings (SSSR count). The molecule has 1 saturated heterocycles. The molecule has 1 fully saturated rings. The van der Waals surface area contributed by atoms with E-state index in [1.165, 1.54) is 19.5 Å². The van der Waals surface area contributed by atoms with Gasteiger partial charge in [-0.25, -0.2) is 0 Å². The van der Waals surface area contributed by atoms with Crippen molar-refractivity contribution in [3.63, 3.8) is 0 Å². The number of nitrogens with zero attached hydrogens (tertiary/aromatic N) is 2.